The quantitative estimate of drug-likeness (QED) is 0.769. The van der Waals surface area contributed by atoms with Crippen LogP contribution < -0.4 is 10.1 Å². The van der Waals surface area contributed by atoms with Crippen molar-refractivity contribution in [2.24, 2.45) is 0 Å². The van der Waals surface area contributed by atoms with E-state index >= 15 is 0 Å². The molecule has 1 aliphatic heterocycles. The highest BCUT2D eigenvalue weighted by molar-refractivity contribution is 5.62. The highest BCUT2D eigenvalue weighted by atomic mass is 19.1. The molecular weight excluding hydrogens is 293 g/mol. The lowest BCUT2D eigenvalue weighted by atomic mass is 10.1. The van der Waals surface area contributed by atoms with Gasteiger partial charge < -0.3 is 10.1 Å². The Morgan fingerprint density at radius 2 is 1.87 bits per heavy atom. The van der Waals surface area contributed by atoms with Crippen LogP contribution in [0.5, 0.6) is 11.6 Å². The molecule has 0 amide bonds. The minimum Gasteiger partial charge on any atom is -0.438 e. The Hall–Kier alpha value is -2.95. The van der Waals surface area contributed by atoms with E-state index in [1.165, 1.54) is 18.5 Å². The lowest BCUT2D eigenvalue weighted by Crippen LogP contribution is -2.02. The van der Waals surface area contributed by atoms with E-state index in [2.05, 4.69) is 15.3 Å². The molecule has 114 valence electrons. The van der Waals surface area contributed by atoms with Crippen LogP contribution in [0.4, 0.5) is 15.9 Å². The van der Waals surface area contributed by atoms with Gasteiger partial charge in [-0.3, -0.25) is 0 Å². The molecule has 0 spiro atoms. The van der Waals surface area contributed by atoms with Crippen LogP contribution in [-0.4, -0.2) is 9.97 Å². The summed E-state index contributed by atoms with van der Waals surface area (Å²) in [7, 11) is 0. The fourth-order valence-electron chi connectivity index (χ4n) is 2.68. The molecule has 0 atom stereocenters. The summed E-state index contributed by atoms with van der Waals surface area (Å²) in [5.74, 6) is 1.62. The maximum absolute atomic E-state index is 13.4. The summed E-state index contributed by atoms with van der Waals surface area (Å²) in [4.78, 5) is 8.57. The van der Waals surface area contributed by atoms with Gasteiger partial charge in [0.05, 0.1) is 5.56 Å². The van der Waals surface area contributed by atoms with Gasteiger partial charge in [0.2, 0.25) is 5.88 Å². The molecule has 0 fully saturated rings. The summed E-state index contributed by atoms with van der Waals surface area (Å²) in [6.45, 7) is 0. The maximum Gasteiger partial charge on any atom is 0.227 e. The first kappa shape index (κ1) is 13.7. The predicted octanol–water partition coefficient (Wildman–Crippen LogP) is 4.25. The van der Waals surface area contributed by atoms with Gasteiger partial charge in [0.25, 0.3) is 0 Å². The summed E-state index contributed by atoms with van der Waals surface area (Å²) in [6, 6.07) is 14.4. The molecule has 23 heavy (non-hydrogen) atoms. The van der Waals surface area contributed by atoms with Crippen LogP contribution in [0.3, 0.4) is 0 Å². The average molecular weight is 307 g/mol. The summed E-state index contributed by atoms with van der Waals surface area (Å²) in [5.41, 5.74) is 2.68. The lowest BCUT2D eigenvalue weighted by Gasteiger charge is -2.12. The van der Waals surface area contributed by atoms with E-state index in [1.54, 1.807) is 6.07 Å². The normalized spacial score (nSPS) is 12.6. The van der Waals surface area contributed by atoms with Crippen LogP contribution in [0.2, 0.25) is 0 Å². The molecule has 0 saturated carbocycles. The fourth-order valence-corrected chi connectivity index (χ4v) is 2.68. The SMILES string of the molecule is Fc1ccc2c(c1)CCc1c(Nc3ccccc3)ncnc1O2. The monoisotopic (exact) mass is 307 g/mol. The Balaban J connectivity index is 1.71. The maximum atomic E-state index is 13.4. The lowest BCUT2D eigenvalue weighted by molar-refractivity contribution is 0.456. The molecule has 1 aromatic heterocycles. The smallest absolute Gasteiger partial charge is 0.227 e. The van der Waals surface area contributed by atoms with E-state index in [4.69, 9.17) is 4.74 Å². The number of ether oxygens (including phenoxy) is 1. The molecule has 2 aromatic carbocycles. The van der Waals surface area contributed by atoms with Gasteiger partial charge in [0.1, 0.15) is 23.7 Å². The van der Waals surface area contributed by atoms with Crippen molar-refractivity contribution in [3.05, 3.63) is 71.8 Å². The number of benzene rings is 2. The third-order valence-corrected chi connectivity index (χ3v) is 3.82. The van der Waals surface area contributed by atoms with Crippen LogP contribution in [0.15, 0.2) is 54.9 Å². The van der Waals surface area contributed by atoms with E-state index in [-0.39, 0.29) is 5.82 Å². The number of anilines is 2. The molecular formula is C18H14FN3O. The Morgan fingerprint density at radius 3 is 2.74 bits per heavy atom. The van der Waals surface area contributed by atoms with Crippen molar-refractivity contribution in [1.82, 2.24) is 9.97 Å². The van der Waals surface area contributed by atoms with E-state index in [9.17, 15) is 4.39 Å². The first-order valence-corrected chi connectivity index (χ1v) is 7.42. The molecule has 0 aliphatic carbocycles. The highest BCUT2D eigenvalue weighted by Crippen LogP contribution is 2.35. The third kappa shape index (κ3) is 2.73. The van der Waals surface area contributed by atoms with E-state index in [0.717, 1.165) is 22.6 Å². The minimum absolute atomic E-state index is 0.257. The van der Waals surface area contributed by atoms with Crippen LogP contribution in [0.25, 0.3) is 0 Å². The van der Waals surface area contributed by atoms with Crippen LogP contribution in [0, 0.1) is 5.82 Å². The number of aromatic nitrogens is 2. The zero-order chi connectivity index (χ0) is 15.6. The zero-order valence-electron chi connectivity index (χ0n) is 12.3. The summed E-state index contributed by atoms with van der Waals surface area (Å²) >= 11 is 0. The van der Waals surface area contributed by atoms with Gasteiger partial charge >= 0.3 is 0 Å². The van der Waals surface area contributed by atoms with Crippen molar-refractivity contribution in [2.45, 2.75) is 12.8 Å². The molecule has 3 aromatic rings. The molecule has 0 radical (unpaired) electrons. The van der Waals surface area contributed by atoms with Gasteiger partial charge in [-0.1, -0.05) is 18.2 Å². The van der Waals surface area contributed by atoms with E-state index < -0.39 is 0 Å². The predicted molar refractivity (Wildman–Crippen MR) is 85.6 cm³/mol. The minimum atomic E-state index is -0.257. The van der Waals surface area contributed by atoms with Crippen LogP contribution in [-0.2, 0) is 12.8 Å². The van der Waals surface area contributed by atoms with Crippen molar-refractivity contribution in [3.8, 4) is 11.6 Å². The van der Waals surface area contributed by atoms with Crippen LogP contribution in [0.1, 0.15) is 11.1 Å². The van der Waals surface area contributed by atoms with Crippen LogP contribution >= 0.6 is 0 Å². The number of para-hydroxylation sites is 1. The number of nitrogens with zero attached hydrogens (tertiary/aromatic N) is 2. The topological polar surface area (TPSA) is 47.0 Å². The number of halogens is 1. The average Bonchev–Trinajstić information content (AvgIpc) is 2.75. The molecule has 0 bridgehead atoms. The van der Waals surface area contributed by atoms with Gasteiger partial charge in [-0.25, -0.2) is 14.4 Å². The summed E-state index contributed by atoms with van der Waals surface area (Å²) < 4.78 is 19.3. The first-order chi connectivity index (χ1) is 11.3. The molecule has 2 heterocycles. The summed E-state index contributed by atoms with van der Waals surface area (Å²) in [6.07, 6.45) is 2.83. The number of aryl methyl sites for hydroxylation is 1. The first-order valence-electron chi connectivity index (χ1n) is 7.42. The van der Waals surface area contributed by atoms with E-state index in [1.807, 2.05) is 30.3 Å². The number of rotatable bonds is 2. The van der Waals surface area contributed by atoms with Gasteiger partial charge in [-0.2, -0.15) is 0 Å². The second kappa shape index (κ2) is 5.68. The van der Waals surface area contributed by atoms with Gasteiger partial charge in [-0.05, 0) is 48.7 Å². The number of hydrogen-bond acceptors (Lipinski definition) is 4. The Bertz CT molecular complexity index is 852. The molecule has 5 heteroatoms. The van der Waals surface area contributed by atoms with Crippen molar-refractivity contribution >= 4 is 11.5 Å². The van der Waals surface area contributed by atoms with Crippen molar-refractivity contribution in [2.75, 3.05) is 5.32 Å². The Morgan fingerprint density at radius 1 is 1.00 bits per heavy atom. The Kier molecular flexibility index (Phi) is 3.38. The fraction of sp³-hybridized carbons (Fsp3) is 0.111. The van der Waals surface area contributed by atoms with Crippen molar-refractivity contribution in [3.63, 3.8) is 0 Å². The van der Waals surface area contributed by atoms with Crippen molar-refractivity contribution in [1.29, 1.82) is 0 Å². The Labute approximate surface area is 133 Å². The molecule has 4 nitrogen and oxygen atoms in total. The van der Waals surface area contributed by atoms with Gasteiger partial charge in [0, 0.05) is 5.69 Å². The molecule has 1 N–H and O–H groups in total. The molecule has 1 aliphatic rings. The van der Waals surface area contributed by atoms with Crippen molar-refractivity contribution < 1.29 is 9.13 Å². The summed E-state index contributed by atoms with van der Waals surface area (Å²) in [5, 5.41) is 3.29. The third-order valence-electron chi connectivity index (χ3n) is 3.82. The van der Waals surface area contributed by atoms with Gasteiger partial charge in [-0.15, -0.1) is 0 Å². The number of hydrogen-bond donors (Lipinski definition) is 1. The second-order valence-corrected chi connectivity index (χ2v) is 5.35. The zero-order valence-corrected chi connectivity index (χ0v) is 12.3. The highest BCUT2D eigenvalue weighted by Gasteiger charge is 2.20. The standard InChI is InChI=1S/C18H14FN3O/c19-13-7-9-16-12(10-13)6-8-15-17(20-11-21-18(15)23-16)22-14-4-2-1-3-5-14/h1-5,7,9-11H,6,8H2,(H,20,21,22). The van der Waals surface area contributed by atoms with E-state index in [0.29, 0.717) is 24.5 Å². The largest absolute Gasteiger partial charge is 0.438 e. The number of nitrogens with one attached hydrogen (secondary N) is 1. The molecule has 4 rings (SSSR count). The molecule has 0 unspecified atom stereocenters. The number of fused-ring (bicyclic) bond motifs is 2. The van der Waals surface area contributed by atoms with Gasteiger partial charge in [0.15, 0.2) is 0 Å². The second-order valence-electron chi connectivity index (χ2n) is 5.35. The molecule has 0 saturated heterocycles.